The third-order valence-electron chi connectivity index (χ3n) is 5.73. The van der Waals surface area contributed by atoms with Gasteiger partial charge < -0.3 is 15.4 Å². The number of hydrogen-bond donors (Lipinski definition) is 2. The van der Waals surface area contributed by atoms with Crippen LogP contribution in [0.4, 0.5) is 19.0 Å². The van der Waals surface area contributed by atoms with Crippen LogP contribution in [0.25, 0.3) is 0 Å². The molecule has 8 nitrogen and oxygen atoms in total. The quantitative estimate of drug-likeness (QED) is 0.691. The van der Waals surface area contributed by atoms with Gasteiger partial charge >= 0.3 is 6.36 Å². The van der Waals surface area contributed by atoms with Crippen LogP contribution in [-0.2, 0) is 11.8 Å². The summed E-state index contributed by atoms with van der Waals surface area (Å²) in [5.74, 6) is 0.799. The third-order valence-corrected chi connectivity index (χ3v) is 5.73. The lowest BCUT2D eigenvalue weighted by molar-refractivity contribution is -0.274. The van der Waals surface area contributed by atoms with E-state index < -0.39 is 18.0 Å². The molecule has 2 fully saturated rings. The zero-order valence-electron chi connectivity index (χ0n) is 16.7. The number of carbonyl (C=O) groups is 2. The number of nitrogens with one attached hydrogen (secondary N) is 2. The van der Waals surface area contributed by atoms with E-state index in [0.29, 0.717) is 36.7 Å². The summed E-state index contributed by atoms with van der Waals surface area (Å²) in [6.07, 6.45) is -3.19. The van der Waals surface area contributed by atoms with Gasteiger partial charge in [0.25, 0.3) is 5.91 Å². The number of amides is 2. The van der Waals surface area contributed by atoms with Crippen molar-refractivity contribution in [1.29, 1.82) is 0 Å². The zero-order chi connectivity index (χ0) is 22.2. The topological polar surface area (TPSA) is 88.5 Å². The highest BCUT2D eigenvalue weighted by Gasteiger charge is 2.55. The van der Waals surface area contributed by atoms with Crippen LogP contribution >= 0.6 is 0 Å². The molecule has 2 unspecified atom stereocenters. The van der Waals surface area contributed by atoms with Gasteiger partial charge in [0.1, 0.15) is 11.6 Å². The predicted molar refractivity (Wildman–Crippen MR) is 104 cm³/mol. The Morgan fingerprint density at radius 2 is 1.97 bits per heavy atom. The normalized spacial score (nSPS) is 22.6. The Labute approximate surface area is 176 Å². The molecule has 11 heteroatoms. The van der Waals surface area contributed by atoms with Crippen molar-refractivity contribution in [3.63, 3.8) is 0 Å². The van der Waals surface area contributed by atoms with Crippen LogP contribution in [0, 0.1) is 17.8 Å². The molecular weight excluding hydrogens is 415 g/mol. The van der Waals surface area contributed by atoms with Gasteiger partial charge in [0, 0.05) is 38.3 Å². The first-order valence-electron chi connectivity index (χ1n) is 9.84. The van der Waals surface area contributed by atoms with Gasteiger partial charge in [-0.15, -0.1) is 13.2 Å². The van der Waals surface area contributed by atoms with Crippen molar-refractivity contribution in [3.8, 4) is 5.75 Å². The van der Waals surface area contributed by atoms with Crippen molar-refractivity contribution in [1.82, 2.24) is 20.0 Å². The second-order valence-electron chi connectivity index (χ2n) is 7.86. The average molecular weight is 437 g/mol. The summed E-state index contributed by atoms with van der Waals surface area (Å²) in [7, 11) is 1.75. The number of alkyl halides is 3. The fourth-order valence-corrected chi connectivity index (χ4v) is 4.20. The van der Waals surface area contributed by atoms with Crippen LogP contribution in [0.3, 0.4) is 0 Å². The first-order valence-corrected chi connectivity index (χ1v) is 9.84. The summed E-state index contributed by atoms with van der Waals surface area (Å²) < 4.78 is 42.4. The standard InChI is InChI=1S/C20H22F3N5O3/c1-27-17(5-6-25-27)26-18(29)11-28-9-15-14(16(15)10-28)8-24-19(30)12-3-2-4-13(7-12)31-20(21,22)23/h2-7,14-16H,8-11H2,1H3,(H,24,30)(H,26,29). The lowest BCUT2D eigenvalue weighted by Crippen LogP contribution is -2.35. The zero-order valence-corrected chi connectivity index (χ0v) is 16.7. The second-order valence-corrected chi connectivity index (χ2v) is 7.86. The van der Waals surface area contributed by atoms with Crippen molar-refractivity contribution in [2.75, 3.05) is 31.5 Å². The van der Waals surface area contributed by atoms with Crippen molar-refractivity contribution >= 4 is 17.6 Å². The second kappa shape index (κ2) is 8.22. The van der Waals surface area contributed by atoms with E-state index in [0.717, 1.165) is 25.2 Å². The van der Waals surface area contributed by atoms with E-state index in [9.17, 15) is 22.8 Å². The van der Waals surface area contributed by atoms with Crippen LogP contribution < -0.4 is 15.4 Å². The highest BCUT2D eigenvalue weighted by molar-refractivity contribution is 5.94. The number of carbonyl (C=O) groups excluding carboxylic acids is 2. The lowest BCUT2D eigenvalue weighted by Gasteiger charge is -2.19. The fraction of sp³-hybridized carbons (Fsp3) is 0.450. The minimum absolute atomic E-state index is 0.101. The minimum Gasteiger partial charge on any atom is -0.406 e. The number of benzene rings is 1. The maximum absolute atomic E-state index is 12.3. The van der Waals surface area contributed by atoms with E-state index in [1.807, 2.05) is 0 Å². The molecule has 0 spiro atoms. The number of likely N-dealkylation sites (tertiary alicyclic amines) is 1. The Kier molecular flexibility index (Phi) is 5.61. The van der Waals surface area contributed by atoms with E-state index >= 15 is 0 Å². The van der Waals surface area contributed by atoms with Crippen LogP contribution in [0.5, 0.6) is 5.75 Å². The molecule has 1 saturated carbocycles. The number of nitrogens with zero attached hydrogens (tertiary/aromatic N) is 3. The van der Waals surface area contributed by atoms with E-state index in [-0.39, 0.29) is 11.5 Å². The molecule has 1 saturated heterocycles. The first-order chi connectivity index (χ1) is 14.7. The maximum atomic E-state index is 12.3. The van der Waals surface area contributed by atoms with Gasteiger partial charge in [0.15, 0.2) is 0 Å². The van der Waals surface area contributed by atoms with Crippen LogP contribution in [0.1, 0.15) is 10.4 Å². The number of aromatic nitrogens is 2. The first kappa shape index (κ1) is 21.2. The van der Waals surface area contributed by atoms with Crippen LogP contribution in [-0.4, -0.2) is 59.0 Å². The molecule has 1 aliphatic heterocycles. The number of piperidine rings is 1. The number of hydrogen-bond acceptors (Lipinski definition) is 5. The van der Waals surface area contributed by atoms with Gasteiger partial charge in [-0.3, -0.25) is 19.2 Å². The fourth-order valence-electron chi connectivity index (χ4n) is 4.20. The summed E-state index contributed by atoms with van der Waals surface area (Å²) >= 11 is 0. The molecule has 166 valence electrons. The van der Waals surface area contributed by atoms with Gasteiger partial charge in [0.05, 0.1) is 12.7 Å². The van der Waals surface area contributed by atoms with Crippen molar-refractivity contribution in [3.05, 3.63) is 42.1 Å². The van der Waals surface area contributed by atoms with Gasteiger partial charge in [-0.25, -0.2) is 0 Å². The van der Waals surface area contributed by atoms with Gasteiger partial charge in [-0.05, 0) is 36.0 Å². The van der Waals surface area contributed by atoms with E-state index in [4.69, 9.17) is 0 Å². The molecule has 1 aromatic heterocycles. The Morgan fingerprint density at radius 3 is 2.61 bits per heavy atom. The molecular formula is C20H22F3N5O3. The molecule has 31 heavy (non-hydrogen) atoms. The van der Waals surface area contributed by atoms with Crippen molar-refractivity contribution < 1.29 is 27.5 Å². The monoisotopic (exact) mass is 437 g/mol. The molecule has 0 bridgehead atoms. The van der Waals surface area contributed by atoms with Crippen molar-refractivity contribution in [2.45, 2.75) is 6.36 Å². The largest absolute Gasteiger partial charge is 0.573 e. The molecule has 2 aliphatic rings. The number of aryl methyl sites for hydroxylation is 1. The molecule has 1 aliphatic carbocycles. The number of anilines is 1. The Bertz CT molecular complexity index is 965. The molecule has 1 aromatic carbocycles. The predicted octanol–water partition coefficient (Wildman–Crippen LogP) is 1.87. The van der Waals surface area contributed by atoms with Gasteiger partial charge in [-0.2, -0.15) is 5.10 Å². The van der Waals surface area contributed by atoms with Crippen molar-refractivity contribution in [2.24, 2.45) is 24.8 Å². The molecule has 0 radical (unpaired) electrons. The summed E-state index contributed by atoms with van der Waals surface area (Å²) in [6, 6.07) is 6.72. The van der Waals surface area contributed by atoms with Gasteiger partial charge in [0.2, 0.25) is 5.91 Å². The molecule has 4 rings (SSSR count). The Balaban J connectivity index is 1.20. The Hall–Kier alpha value is -3.08. The van der Waals surface area contributed by atoms with Gasteiger partial charge in [-0.1, -0.05) is 6.07 Å². The molecule has 2 N–H and O–H groups in total. The summed E-state index contributed by atoms with van der Waals surface area (Å²) in [5.41, 5.74) is 0.112. The highest BCUT2D eigenvalue weighted by atomic mass is 19.4. The molecule has 2 heterocycles. The number of halogens is 3. The molecule has 2 amide bonds. The SMILES string of the molecule is Cn1nccc1NC(=O)CN1CC2C(CNC(=O)c3cccc(OC(F)(F)F)c3)C2C1. The maximum Gasteiger partial charge on any atom is 0.573 e. The number of ether oxygens (including phenoxy) is 1. The summed E-state index contributed by atoms with van der Waals surface area (Å²) in [6.45, 7) is 2.30. The van der Waals surface area contributed by atoms with E-state index in [1.165, 1.54) is 12.1 Å². The number of rotatable bonds is 7. The highest BCUT2D eigenvalue weighted by Crippen LogP contribution is 2.51. The third kappa shape index (κ3) is 5.16. The average Bonchev–Trinajstić information content (AvgIpc) is 2.99. The van der Waals surface area contributed by atoms with E-state index in [1.54, 1.807) is 24.0 Å². The van der Waals surface area contributed by atoms with Crippen LogP contribution in [0.15, 0.2) is 36.5 Å². The van der Waals surface area contributed by atoms with Crippen LogP contribution in [0.2, 0.25) is 0 Å². The molecule has 2 atom stereocenters. The lowest BCUT2D eigenvalue weighted by atomic mass is 10.2. The number of fused-ring (bicyclic) bond motifs is 1. The smallest absolute Gasteiger partial charge is 0.406 e. The summed E-state index contributed by atoms with van der Waals surface area (Å²) in [5, 5.41) is 9.61. The molecule has 2 aromatic rings. The Morgan fingerprint density at radius 1 is 1.23 bits per heavy atom. The van der Waals surface area contributed by atoms with E-state index in [2.05, 4.69) is 25.4 Å². The minimum atomic E-state index is -4.80. The summed E-state index contributed by atoms with van der Waals surface area (Å²) in [4.78, 5) is 26.5.